The minimum Gasteiger partial charge on any atom is -0.480 e. The number of hydrogen-bond acceptors (Lipinski definition) is 5. The van der Waals surface area contributed by atoms with Crippen LogP contribution in [0.1, 0.15) is 4.88 Å². The van der Waals surface area contributed by atoms with E-state index >= 15 is 0 Å². The number of hydrogen-bond donors (Lipinski definition) is 1. The molecule has 2 heterocycles. The van der Waals surface area contributed by atoms with Gasteiger partial charge in [-0.3, -0.25) is 19.3 Å². The Labute approximate surface area is 115 Å². The van der Waals surface area contributed by atoms with E-state index in [4.69, 9.17) is 16.7 Å². The maximum Gasteiger partial charge on any atom is 0.323 e. The van der Waals surface area contributed by atoms with Gasteiger partial charge in [0.1, 0.15) is 6.54 Å². The third kappa shape index (κ3) is 2.74. The van der Waals surface area contributed by atoms with Crippen LogP contribution in [0.5, 0.6) is 0 Å². The van der Waals surface area contributed by atoms with E-state index in [2.05, 4.69) is 0 Å². The molecule has 1 aromatic heterocycles. The monoisotopic (exact) mass is 303 g/mol. The SMILES string of the molecule is O=C(O)CN1C(=O)S/C(=C/c2ccc(Cl)s2)C1=O. The first-order valence-corrected chi connectivity index (χ1v) is 6.71. The van der Waals surface area contributed by atoms with Crippen molar-refractivity contribution >= 4 is 57.9 Å². The summed E-state index contributed by atoms with van der Waals surface area (Å²) >= 11 is 7.75. The highest BCUT2D eigenvalue weighted by Gasteiger charge is 2.36. The lowest BCUT2D eigenvalue weighted by atomic mass is 10.3. The normalized spacial score (nSPS) is 17.8. The summed E-state index contributed by atoms with van der Waals surface area (Å²) in [6, 6.07) is 3.40. The van der Waals surface area contributed by atoms with E-state index < -0.39 is 23.7 Å². The summed E-state index contributed by atoms with van der Waals surface area (Å²) in [5, 5.41) is 8.03. The lowest BCUT2D eigenvalue weighted by Gasteiger charge is -2.07. The van der Waals surface area contributed by atoms with E-state index in [0.29, 0.717) is 9.24 Å². The Bertz CT molecular complexity index is 566. The number of carboxylic acids is 1. The second kappa shape index (κ2) is 5.13. The van der Waals surface area contributed by atoms with Crippen molar-refractivity contribution in [2.24, 2.45) is 0 Å². The Kier molecular flexibility index (Phi) is 3.74. The number of carboxylic acid groups (broad SMARTS) is 1. The second-order valence-corrected chi connectivity index (χ2v) is 6.04. The third-order valence-electron chi connectivity index (χ3n) is 2.03. The number of imide groups is 1. The molecular formula is C10H6ClNO4S2. The average molecular weight is 304 g/mol. The fourth-order valence-corrected chi connectivity index (χ4v) is 3.21. The van der Waals surface area contributed by atoms with Gasteiger partial charge in [-0.05, 0) is 30.0 Å². The minimum absolute atomic E-state index is 0.208. The average Bonchev–Trinajstić information content (AvgIpc) is 2.78. The Morgan fingerprint density at radius 3 is 2.72 bits per heavy atom. The molecule has 0 atom stereocenters. The van der Waals surface area contributed by atoms with E-state index in [-0.39, 0.29) is 4.91 Å². The fraction of sp³-hybridized carbons (Fsp3) is 0.100. The Hall–Kier alpha value is -1.31. The molecule has 1 aliphatic heterocycles. The van der Waals surface area contributed by atoms with Gasteiger partial charge in [-0.2, -0.15) is 0 Å². The van der Waals surface area contributed by atoms with Gasteiger partial charge >= 0.3 is 5.97 Å². The van der Waals surface area contributed by atoms with Crippen molar-refractivity contribution in [2.45, 2.75) is 0 Å². The van der Waals surface area contributed by atoms with Crippen LogP contribution in [0.15, 0.2) is 17.0 Å². The molecule has 0 radical (unpaired) electrons. The largest absolute Gasteiger partial charge is 0.480 e. The zero-order chi connectivity index (χ0) is 13.3. The number of thiophene rings is 1. The highest BCUT2D eigenvalue weighted by Crippen LogP contribution is 2.33. The molecule has 0 aliphatic carbocycles. The standard InChI is InChI=1S/C10H6ClNO4S2/c11-7-2-1-5(17-7)3-6-9(15)12(4-8(13)14)10(16)18-6/h1-3H,4H2,(H,13,14)/b6-3+. The zero-order valence-electron chi connectivity index (χ0n) is 8.75. The fourth-order valence-electron chi connectivity index (χ4n) is 1.31. The molecule has 5 nitrogen and oxygen atoms in total. The van der Waals surface area contributed by atoms with Gasteiger partial charge in [-0.15, -0.1) is 11.3 Å². The molecule has 1 saturated heterocycles. The van der Waals surface area contributed by atoms with Gasteiger partial charge in [0.05, 0.1) is 9.24 Å². The van der Waals surface area contributed by atoms with Gasteiger partial charge in [0.2, 0.25) is 0 Å². The molecular weight excluding hydrogens is 298 g/mol. The molecule has 18 heavy (non-hydrogen) atoms. The predicted octanol–water partition coefficient (Wildman–Crippen LogP) is 2.52. The highest BCUT2D eigenvalue weighted by atomic mass is 35.5. The second-order valence-electron chi connectivity index (χ2n) is 3.30. The first-order chi connectivity index (χ1) is 8.47. The topological polar surface area (TPSA) is 74.7 Å². The van der Waals surface area contributed by atoms with E-state index in [9.17, 15) is 14.4 Å². The first kappa shape index (κ1) is 13.1. The minimum atomic E-state index is -1.22. The summed E-state index contributed by atoms with van der Waals surface area (Å²) in [5.74, 6) is -1.81. The van der Waals surface area contributed by atoms with Gasteiger partial charge in [-0.25, -0.2) is 0 Å². The van der Waals surface area contributed by atoms with E-state index in [1.165, 1.54) is 17.4 Å². The lowest BCUT2D eigenvalue weighted by Crippen LogP contribution is -2.33. The van der Waals surface area contributed by atoms with E-state index in [0.717, 1.165) is 16.6 Å². The molecule has 8 heteroatoms. The number of carbonyl (C=O) groups excluding carboxylic acids is 2. The summed E-state index contributed by atoms with van der Waals surface area (Å²) in [7, 11) is 0. The summed E-state index contributed by atoms with van der Waals surface area (Å²) in [6.45, 7) is -0.618. The van der Waals surface area contributed by atoms with Crippen molar-refractivity contribution in [3.63, 3.8) is 0 Å². The van der Waals surface area contributed by atoms with Crippen molar-refractivity contribution in [3.05, 3.63) is 26.3 Å². The number of carbonyl (C=O) groups is 3. The van der Waals surface area contributed by atoms with Gasteiger partial charge < -0.3 is 5.11 Å². The number of halogens is 1. The van der Waals surface area contributed by atoms with Gasteiger partial charge in [0.25, 0.3) is 11.1 Å². The Morgan fingerprint density at radius 1 is 1.44 bits per heavy atom. The number of amides is 2. The molecule has 1 fully saturated rings. The molecule has 2 rings (SSSR count). The molecule has 1 aromatic rings. The van der Waals surface area contributed by atoms with Gasteiger partial charge in [0, 0.05) is 4.88 Å². The van der Waals surface area contributed by atoms with Crippen LogP contribution in [0, 0.1) is 0 Å². The van der Waals surface area contributed by atoms with Crippen molar-refractivity contribution in [1.82, 2.24) is 4.90 Å². The predicted molar refractivity (Wildman–Crippen MR) is 69.6 cm³/mol. The molecule has 0 unspecified atom stereocenters. The van der Waals surface area contributed by atoms with Crippen LogP contribution in [0.3, 0.4) is 0 Å². The molecule has 94 valence electrons. The van der Waals surface area contributed by atoms with Gasteiger partial charge in [0.15, 0.2) is 0 Å². The summed E-state index contributed by atoms with van der Waals surface area (Å²) in [5.41, 5.74) is 0. The molecule has 0 bridgehead atoms. The lowest BCUT2D eigenvalue weighted by molar-refractivity contribution is -0.140. The summed E-state index contributed by atoms with van der Waals surface area (Å²) < 4.78 is 0.575. The maximum atomic E-state index is 11.8. The first-order valence-electron chi connectivity index (χ1n) is 4.70. The van der Waals surface area contributed by atoms with E-state index in [1.807, 2.05) is 0 Å². The summed E-state index contributed by atoms with van der Waals surface area (Å²) in [4.78, 5) is 35.4. The van der Waals surface area contributed by atoms with Crippen LogP contribution in [-0.4, -0.2) is 33.7 Å². The van der Waals surface area contributed by atoms with Crippen molar-refractivity contribution < 1.29 is 19.5 Å². The zero-order valence-corrected chi connectivity index (χ0v) is 11.1. The van der Waals surface area contributed by atoms with Crippen LogP contribution in [0.4, 0.5) is 4.79 Å². The van der Waals surface area contributed by atoms with Crippen LogP contribution >= 0.6 is 34.7 Å². The molecule has 2 amide bonds. The van der Waals surface area contributed by atoms with Crippen molar-refractivity contribution in [2.75, 3.05) is 6.54 Å². The maximum absolute atomic E-state index is 11.8. The smallest absolute Gasteiger partial charge is 0.323 e. The Morgan fingerprint density at radius 2 is 2.17 bits per heavy atom. The van der Waals surface area contributed by atoms with Crippen LogP contribution in [0.2, 0.25) is 4.34 Å². The number of rotatable bonds is 3. The van der Waals surface area contributed by atoms with Crippen LogP contribution < -0.4 is 0 Å². The third-order valence-corrected chi connectivity index (χ3v) is 4.12. The van der Waals surface area contributed by atoms with Crippen molar-refractivity contribution in [3.8, 4) is 0 Å². The quantitative estimate of drug-likeness (QED) is 0.868. The number of aliphatic carboxylic acids is 1. The molecule has 0 aromatic carbocycles. The highest BCUT2D eigenvalue weighted by molar-refractivity contribution is 8.18. The molecule has 1 N–H and O–H groups in total. The van der Waals surface area contributed by atoms with Crippen molar-refractivity contribution in [1.29, 1.82) is 0 Å². The van der Waals surface area contributed by atoms with Gasteiger partial charge in [-0.1, -0.05) is 11.6 Å². The number of nitrogens with zero attached hydrogens (tertiary/aromatic N) is 1. The molecule has 0 spiro atoms. The van der Waals surface area contributed by atoms with E-state index in [1.54, 1.807) is 12.1 Å². The van der Waals surface area contributed by atoms with Crippen LogP contribution in [-0.2, 0) is 9.59 Å². The summed E-state index contributed by atoms with van der Waals surface area (Å²) in [6.07, 6.45) is 1.53. The Balaban J connectivity index is 2.22. The molecule has 1 aliphatic rings. The van der Waals surface area contributed by atoms with Crippen LogP contribution in [0.25, 0.3) is 6.08 Å². The number of thioether (sulfide) groups is 1. The molecule has 0 saturated carbocycles.